The van der Waals surface area contributed by atoms with Gasteiger partial charge in [-0.05, 0) is 36.8 Å². The number of amides is 1. The van der Waals surface area contributed by atoms with Crippen LogP contribution in [0, 0.1) is 6.92 Å². The Hall–Kier alpha value is -2.74. The molecule has 1 amide bonds. The van der Waals surface area contributed by atoms with E-state index in [0.717, 1.165) is 44.1 Å². The number of morpholine rings is 1. The van der Waals surface area contributed by atoms with Gasteiger partial charge in [-0.2, -0.15) is 0 Å². The first-order valence-electron chi connectivity index (χ1n) is 10.4. The zero-order chi connectivity index (χ0) is 21.5. The average Bonchev–Trinajstić information content (AvgIpc) is 3.32. The van der Waals surface area contributed by atoms with Gasteiger partial charge in [0, 0.05) is 30.6 Å². The predicted octanol–water partition coefficient (Wildman–Crippen LogP) is 3.83. The molecule has 1 saturated heterocycles. The second-order valence-electron chi connectivity index (χ2n) is 7.64. The van der Waals surface area contributed by atoms with Gasteiger partial charge < -0.3 is 14.8 Å². The summed E-state index contributed by atoms with van der Waals surface area (Å²) in [5.41, 5.74) is 5.60. The molecule has 0 spiro atoms. The van der Waals surface area contributed by atoms with Crippen LogP contribution < -0.4 is 10.1 Å². The monoisotopic (exact) mass is 437 g/mol. The Morgan fingerprint density at radius 1 is 1.16 bits per heavy atom. The molecule has 0 bridgehead atoms. The van der Waals surface area contributed by atoms with Crippen LogP contribution in [-0.2, 0) is 11.3 Å². The van der Waals surface area contributed by atoms with E-state index in [2.05, 4.69) is 46.4 Å². The van der Waals surface area contributed by atoms with Gasteiger partial charge in [0.1, 0.15) is 12.4 Å². The molecule has 1 aromatic heterocycles. The van der Waals surface area contributed by atoms with Crippen molar-refractivity contribution in [2.45, 2.75) is 19.6 Å². The molecule has 1 aliphatic rings. The summed E-state index contributed by atoms with van der Waals surface area (Å²) < 4.78 is 11.2. The minimum Gasteiger partial charge on any atom is -0.487 e. The normalized spacial score (nSPS) is 15.4. The van der Waals surface area contributed by atoms with E-state index in [1.807, 2.05) is 17.5 Å². The number of nitrogens with zero attached hydrogens (tertiary/aromatic N) is 2. The third-order valence-electron chi connectivity index (χ3n) is 5.32. The fraction of sp³-hybridized carbons (Fsp3) is 0.333. The first-order valence-corrected chi connectivity index (χ1v) is 11.4. The van der Waals surface area contributed by atoms with Crippen molar-refractivity contribution in [1.29, 1.82) is 0 Å². The van der Waals surface area contributed by atoms with Crippen LogP contribution in [0.2, 0.25) is 0 Å². The van der Waals surface area contributed by atoms with Crippen molar-refractivity contribution in [2.75, 3.05) is 32.8 Å². The number of rotatable bonds is 8. The smallest absolute Gasteiger partial charge is 0.251 e. The summed E-state index contributed by atoms with van der Waals surface area (Å²) in [5.74, 6) is 0.623. The van der Waals surface area contributed by atoms with E-state index in [4.69, 9.17) is 9.47 Å². The summed E-state index contributed by atoms with van der Waals surface area (Å²) in [7, 11) is 0. The van der Waals surface area contributed by atoms with Crippen molar-refractivity contribution in [3.8, 4) is 5.75 Å². The van der Waals surface area contributed by atoms with Crippen LogP contribution in [-0.4, -0.2) is 48.6 Å². The zero-order valence-corrected chi connectivity index (χ0v) is 18.4. The molecule has 1 atom stereocenters. The van der Waals surface area contributed by atoms with Gasteiger partial charge in [0.2, 0.25) is 0 Å². The highest BCUT2D eigenvalue weighted by atomic mass is 32.1. The second kappa shape index (κ2) is 10.5. The number of carbonyl (C=O) groups is 1. The van der Waals surface area contributed by atoms with Gasteiger partial charge in [-0.3, -0.25) is 9.69 Å². The van der Waals surface area contributed by atoms with Gasteiger partial charge in [-0.15, -0.1) is 11.3 Å². The van der Waals surface area contributed by atoms with E-state index < -0.39 is 0 Å². The lowest BCUT2D eigenvalue weighted by molar-refractivity contribution is 0.0332. The van der Waals surface area contributed by atoms with Gasteiger partial charge in [0.15, 0.2) is 0 Å². The molecule has 1 fully saturated rings. The molecular formula is C24H27N3O3S. The van der Waals surface area contributed by atoms with Crippen molar-refractivity contribution in [2.24, 2.45) is 0 Å². The van der Waals surface area contributed by atoms with E-state index >= 15 is 0 Å². The number of nitrogens with one attached hydrogen (secondary N) is 1. The van der Waals surface area contributed by atoms with Crippen LogP contribution >= 0.6 is 11.3 Å². The molecule has 0 aliphatic carbocycles. The van der Waals surface area contributed by atoms with Crippen molar-refractivity contribution in [1.82, 2.24) is 15.2 Å². The van der Waals surface area contributed by atoms with Crippen molar-refractivity contribution in [3.63, 3.8) is 0 Å². The summed E-state index contributed by atoms with van der Waals surface area (Å²) in [6.45, 7) is 6.47. The predicted molar refractivity (Wildman–Crippen MR) is 122 cm³/mol. The van der Waals surface area contributed by atoms with E-state index in [-0.39, 0.29) is 11.9 Å². The molecule has 7 heteroatoms. The molecule has 0 radical (unpaired) electrons. The van der Waals surface area contributed by atoms with E-state index in [0.29, 0.717) is 17.9 Å². The topological polar surface area (TPSA) is 63.7 Å². The molecule has 6 nitrogen and oxygen atoms in total. The van der Waals surface area contributed by atoms with Gasteiger partial charge in [-0.1, -0.05) is 29.8 Å². The molecule has 4 rings (SSSR count). The number of hydrogen-bond donors (Lipinski definition) is 1. The number of aromatic nitrogens is 1. The van der Waals surface area contributed by atoms with E-state index in [1.165, 1.54) is 5.56 Å². The number of aryl methyl sites for hydroxylation is 1. The molecule has 2 aromatic carbocycles. The maximum Gasteiger partial charge on any atom is 0.251 e. The molecule has 162 valence electrons. The Morgan fingerprint density at radius 2 is 1.90 bits per heavy atom. The Labute approximate surface area is 186 Å². The third kappa shape index (κ3) is 6.13. The van der Waals surface area contributed by atoms with Crippen molar-refractivity contribution in [3.05, 3.63) is 81.8 Å². The maximum atomic E-state index is 13.0. The SMILES string of the molecule is Cc1ccc(C(CN2CCOCC2)NC(=O)c2ccc(OCc3cscn3)cc2)cc1. The Kier molecular flexibility index (Phi) is 7.30. The highest BCUT2D eigenvalue weighted by molar-refractivity contribution is 7.07. The van der Waals surface area contributed by atoms with Crippen LogP contribution in [0.25, 0.3) is 0 Å². The number of ether oxygens (including phenoxy) is 2. The third-order valence-corrected chi connectivity index (χ3v) is 5.95. The van der Waals surface area contributed by atoms with Crippen LogP contribution in [0.3, 0.4) is 0 Å². The highest BCUT2D eigenvalue weighted by Crippen LogP contribution is 2.19. The Morgan fingerprint density at radius 3 is 2.58 bits per heavy atom. The van der Waals surface area contributed by atoms with E-state index in [1.54, 1.807) is 29.0 Å². The largest absolute Gasteiger partial charge is 0.487 e. The number of carbonyl (C=O) groups excluding carboxylic acids is 1. The average molecular weight is 438 g/mol. The van der Waals surface area contributed by atoms with E-state index in [9.17, 15) is 4.79 Å². The van der Waals surface area contributed by atoms with Gasteiger partial charge in [-0.25, -0.2) is 4.98 Å². The standard InChI is InChI=1S/C24H27N3O3S/c1-18-2-4-19(5-3-18)23(14-27-10-12-29-13-11-27)26-24(28)20-6-8-22(9-7-20)30-15-21-16-31-17-25-21/h2-9,16-17,23H,10-15H2,1H3,(H,26,28). The summed E-state index contributed by atoms with van der Waals surface area (Å²) in [6.07, 6.45) is 0. The van der Waals surface area contributed by atoms with Crippen molar-refractivity contribution < 1.29 is 14.3 Å². The lowest BCUT2D eigenvalue weighted by Crippen LogP contribution is -2.43. The molecule has 31 heavy (non-hydrogen) atoms. The van der Waals surface area contributed by atoms with Crippen LogP contribution in [0.5, 0.6) is 5.75 Å². The number of thiazole rings is 1. The summed E-state index contributed by atoms with van der Waals surface area (Å²) in [5, 5.41) is 5.18. The first kappa shape index (κ1) is 21.5. The minimum absolute atomic E-state index is 0.0909. The summed E-state index contributed by atoms with van der Waals surface area (Å²) >= 11 is 1.54. The molecule has 1 aliphatic heterocycles. The molecular weight excluding hydrogens is 410 g/mol. The fourth-order valence-corrected chi connectivity index (χ4v) is 4.03. The molecule has 1 N–H and O–H groups in total. The van der Waals surface area contributed by atoms with Crippen LogP contribution in [0.4, 0.5) is 0 Å². The summed E-state index contributed by atoms with van der Waals surface area (Å²) in [6, 6.07) is 15.5. The lowest BCUT2D eigenvalue weighted by Gasteiger charge is -2.31. The zero-order valence-electron chi connectivity index (χ0n) is 17.6. The van der Waals surface area contributed by atoms with Gasteiger partial charge in [0.05, 0.1) is 30.5 Å². The van der Waals surface area contributed by atoms with Gasteiger partial charge >= 0.3 is 0 Å². The molecule has 2 heterocycles. The summed E-state index contributed by atoms with van der Waals surface area (Å²) in [4.78, 5) is 19.5. The highest BCUT2D eigenvalue weighted by Gasteiger charge is 2.21. The Bertz CT molecular complexity index is 953. The Balaban J connectivity index is 1.41. The first-order chi connectivity index (χ1) is 15.2. The van der Waals surface area contributed by atoms with Gasteiger partial charge in [0.25, 0.3) is 5.91 Å². The van der Waals surface area contributed by atoms with Crippen LogP contribution in [0.1, 0.15) is 33.2 Å². The molecule has 1 unspecified atom stereocenters. The maximum absolute atomic E-state index is 13.0. The second-order valence-corrected chi connectivity index (χ2v) is 8.36. The fourth-order valence-electron chi connectivity index (χ4n) is 3.49. The van der Waals surface area contributed by atoms with Crippen molar-refractivity contribution >= 4 is 17.2 Å². The molecule has 3 aromatic rings. The van der Waals surface area contributed by atoms with Crippen LogP contribution in [0.15, 0.2) is 59.4 Å². The minimum atomic E-state index is -0.0927. The number of hydrogen-bond acceptors (Lipinski definition) is 6. The quantitative estimate of drug-likeness (QED) is 0.580. The lowest BCUT2D eigenvalue weighted by atomic mass is 10.0. The molecule has 0 saturated carbocycles. The number of benzene rings is 2.